The van der Waals surface area contributed by atoms with Crippen molar-refractivity contribution < 1.29 is 0 Å². The summed E-state index contributed by atoms with van der Waals surface area (Å²) >= 11 is 0. The lowest BCUT2D eigenvalue weighted by molar-refractivity contribution is -0.000639. The fourth-order valence-corrected chi connectivity index (χ4v) is 7.13. The molecule has 0 nitrogen and oxygen atoms in total. The van der Waals surface area contributed by atoms with Crippen LogP contribution in [-0.4, -0.2) is 0 Å². The first kappa shape index (κ1) is 14.8. The topological polar surface area (TPSA) is 0 Å². The summed E-state index contributed by atoms with van der Waals surface area (Å²) in [5.41, 5.74) is 2.50. The first-order chi connectivity index (χ1) is 10.5. The Kier molecular flexibility index (Phi) is 3.26. The van der Waals surface area contributed by atoms with Gasteiger partial charge in [0.25, 0.3) is 0 Å². The van der Waals surface area contributed by atoms with Crippen molar-refractivity contribution in [3.05, 3.63) is 36.0 Å². The van der Waals surface area contributed by atoms with Crippen LogP contribution in [0.1, 0.15) is 59.8 Å². The van der Waals surface area contributed by atoms with E-state index in [1.165, 1.54) is 25.7 Å². The Morgan fingerprint density at radius 2 is 2.05 bits per heavy atom. The minimum atomic E-state index is 0.312. The maximum Gasteiger partial charge on any atom is 0.0134 e. The van der Waals surface area contributed by atoms with Crippen LogP contribution in [0, 0.1) is 40.4 Å². The van der Waals surface area contributed by atoms with Gasteiger partial charge >= 0.3 is 0 Å². The van der Waals surface area contributed by atoms with Crippen molar-refractivity contribution in [2.75, 3.05) is 0 Å². The second-order valence-corrected chi connectivity index (χ2v) is 9.00. The van der Waals surface area contributed by atoms with Crippen molar-refractivity contribution in [2.24, 2.45) is 40.4 Å². The molecule has 2 fully saturated rings. The molecule has 0 spiro atoms. The molecule has 0 N–H and O–H groups in total. The summed E-state index contributed by atoms with van der Waals surface area (Å²) in [6, 6.07) is 0. The highest BCUT2D eigenvalue weighted by Crippen LogP contribution is 2.66. The third kappa shape index (κ3) is 1.76. The van der Waals surface area contributed by atoms with Crippen LogP contribution in [0.4, 0.5) is 0 Å². The van der Waals surface area contributed by atoms with E-state index in [1.54, 1.807) is 5.57 Å². The molecule has 4 aliphatic rings. The minimum Gasteiger partial charge on any atom is -0.0838 e. The van der Waals surface area contributed by atoms with Crippen molar-refractivity contribution in [3.63, 3.8) is 0 Å². The molecule has 0 bridgehead atoms. The quantitative estimate of drug-likeness (QED) is 0.508. The zero-order chi connectivity index (χ0) is 15.5. The van der Waals surface area contributed by atoms with E-state index in [0.29, 0.717) is 10.8 Å². The van der Waals surface area contributed by atoms with Crippen LogP contribution in [0.2, 0.25) is 0 Å². The average molecular weight is 296 g/mol. The predicted molar refractivity (Wildman–Crippen MR) is 94.5 cm³/mol. The zero-order valence-electron chi connectivity index (χ0n) is 14.8. The summed E-state index contributed by atoms with van der Waals surface area (Å²) < 4.78 is 0. The summed E-state index contributed by atoms with van der Waals surface area (Å²) in [6.45, 7) is 10.1. The minimum absolute atomic E-state index is 0.312. The van der Waals surface area contributed by atoms with Gasteiger partial charge in [0.2, 0.25) is 0 Å². The Hall–Kier alpha value is -0.780. The largest absolute Gasteiger partial charge is 0.0838 e. The van der Waals surface area contributed by atoms with E-state index in [9.17, 15) is 0 Å². The Balaban J connectivity index is 1.74. The molecule has 0 radical (unpaired) electrons. The van der Waals surface area contributed by atoms with Gasteiger partial charge in [0, 0.05) is 5.41 Å². The Morgan fingerprint density at radius 3 is 2.82 bits per heavy atom. The van der Waals surface area contributed by atoms with Crippen LogP contribution >= 0.6 is 0 Å². The molecule has 0 aliphatic heterocycles. The number of hydrogen-bond donors (Lipinski definition) is 0. The smallest absolute Gasteiger partial charge is 0.0134 e. The molecule has 2 saturated carbocycles. The van der Waals surface area contributed by atoms with E-state index in [0.717, 1.165) is 36.0 Å². The first-order valence-corrected chi connectivity index (χ1v) is 9.57. The van der Waals surface area contributed by atoms with Crippen LogP contribution in [0.25, 0.3) is 0 Å². The molecule has 0 aromatic heterocycles. The SMILES string of the molecule is CC[C@H]1[C@@H](C)C[C@H]2[C@@H]3C=CC4=CCC=C[C@]4(C)[C@H]3CC[C@@]21C. The van der Waals surface area contributed by atoms with Gasteiger partial charge in [0.1, 0.15) is 0 Å². The van der Waals surface area contributed by atoms with Gasteiger partial charge in [0.05, 0.1) is 0 Å². The van der Waals surface area contributed by atoms with Crippen LogP contribution in [0.5, 0.6) is 0 Å². The summed E-state index contributed by atoms with van der Waals surface area (Å²) in [5.74, 6) is 4.41. The number of rotatable bonds is 1. The monoisotopic (exact) mass is 296 g/mol. The molecular weight excluding hydrogens is 264 g/mol. The lowest BCUT2D eigenvalue weighted by atomic mass is 9.49. The lowest BCUT2D eigenvalue weighted by Crippen LogP contribution is -2.47. The van der Waals surface area contributed by atoms with Crippen LogP contribution in [0.15, 0.2) is 36.0 Å². The van der Waals surface area contributed by atoms with Crippen molar-refractivity contribution in [1.82, 2.24) is 0 Å². The normalized spacial score (nSPS) is 52.7. The number of fused-ring (bicyclic) bond motifs is 5. The molecular formula is C22H32. The van der Waals surface area contributed by atoms with Crippen molar-refractivity contribution in [2.45, 2.75) is 59.8 Å². The standard InChI is InChI=1S/C22H32/c1-5-18-15(2)14-20-17-10-9-16-8-6-7-12-21(16,3)19(17)11-13-22(18,20)4/h7-10,12,15,17-20H,5-6,11,13-14H2,1-4H3/t15-,17+,18-,19-,20-,21-,22+/m0/s1. The molecule has 0 unspecified atom stereocenters. The molecule has 22 heavy (non-hydrogen) atoms. The summed E-state index contributed by atoms with van der Waals surface area (Å²) in [5, 5.41) is 0. The van der Waals surface area contributed by atoms with E-state index in [2.05, 4.69) is 58.1 Å². The van der Waals surface area contributed by atoms with Gasteiger partial charge in [-0.05, 0) is 66.3 Å². The third-order valence-electron chi connectivity index (χ3n) is 8.20. The van der Waals surface area contributed by atoms with Gasteiger partial charge in [-0.25, -0.2) is 0 Å². The van der Waals surface area contributed by atoms with Gasteiger partial charge in [-0.2, -0.15) is 0 Å². The predicted octanol–water partition coefficient (Wildman–Crippen LogP) is 6.16. The Bertz CT molecular complexity index is 550. The first-order valence-electron chi connectivity index (χ1n) is 9.57. The van der Waals surface area contributed by atoms with Crippen molar-refractivity contribution in [3.8, 4) is 0 Å². The van der Waals surface area contributed by atoms with Crippen LogP contribution in [-0.2, 0) is 0 Å². The second-order valence-electron chi connectivity index (χ2n) is 9.00. The Labute approximate surface area is 136 Å². The number of allylic oxidation sites excluding steroid dienone is 6. The van der Waals surface area contributed by atoms with Gasteiger partial charge < -0.3 is 0 Å². The molecule has 0 saturated heterocycles. The molecule has 120 valence electrons. The van der Waals surface area contributed by atoms with Gasteiger partial charge in [-0.3, -0.25) is 0 Å². The van der Waals surface area contributed by atoms with E-state index in [1.807, 2.05) is 0 Å². The molecule has 0 aromatic carbocycles. The highest BCUT2D eigenvalue weighted by Gasteiger charge is 2.58. The summed E-state index contributed by atoms with van der Waals surface area (Å²) in [4.78, 5) is 0. The summed E-state index contributed by atoms with van der Waals surface area (Å²) in [6.07, 6.45) is 19.3. The molecule has 0 heterocycles. The van der Waals surface area contributed by atoms with Gasteiger partial charge in [-0.1, -0.05) is 64.5 Å². The molecule has 4 aliphatic carbocycles. The highest BCUT2D eigenvalue weighted by atomic mass is 14.6. The van der Waals surface area contributed by atoms with Crippen LogP contribution < -0.4 is 0 Å². The van der Waals surface area contributed by atoms with E-state index >= 15 is 0 Å². The van der Waals surface area contributed by atoms with E-state index in [-0.39, 0.29) is 0 Å². The molecule has 7 atom stereocenters. The third-order valence-corrected chi connectivity index (χ3v) is 8.20. The lowest BCUT2D eigenvalue weighted by Gasteiger charge is -2.55. The molecule has 0 amide bonds. The van der Waals surface area contributed by atoms with E-state index in [4.69, 9.17) is 0 Å². The van der Waals surface area contributed by atoms with Crippen molar-refractivity contribution >= 4 is 0 Å². The van der Waals surface area contributed by atoms with Gasteiger partial charge in [-0.15, -0.1) is 0 Å². The van der Waals surface area contributed by atoms with Gasteiger partial charge in [0.15, 0.2) is 0 Å². The summed E-state index contributed by atoms with van der Waals surface area (Å²) in [7, 11) is 0. The molecule has 0 heteroatoms. The zero-order valence-corrected chi connectivity index (χ0v) is 14.8. The average Bonchev–Trinajstić information content (AvgIpc) is 2.76. The maximum absolute atomic E-state index is 2.63. The van der Waals surface area contributed by atoms with E-state index < -0.39 is 0 Å². The van der Waals surface area contributed by atoms with Crippen molar-refractivity contribution in [1.29, 1.82) is 0 Å². The molecule has 0 aromatic rings. The maximum atomic E-state index is 2.63. The highest BCUT2D eigenvalue weighted by molar-refractivity contribution is 5.40. The van der Waals surface area contributed by atoms with Crippen LogP contribution in [0.3, 0.4) is 0 Å². The fourth-order valence-electron chi connectivity index (χ4n) is 7.13. The second kappa shape index (κ2) is 4.86. The fraction of sp³-hybridized carbons (Fsp3) is 0.727. The Morgan fingerprint density at radius 1 is 1.23 bits per heavy atom. The number of hydrogen-bond acceptors (Lipinski definition) is 0. The molecule has 4 rings (SSSR count).